The minimum atomic E-state index is -4.93. The number of ketones is 1. The topological polar surface area (TPSA) is 94.8 Å². The average molecular weight is 383 g/mol. The fraction of sp³-hybridized carbons (Fsp3) is 0.333. The Kier molecular flexibility index (Phi) is 4.68. The van der Waals surface area contributed by atoms with Crippen molar-refractivity contribution in [3.8, 4) is 0 Å². The van der Waals surface area contributed by atoms with Crippen LogP contribution in [0, 0.1) is 0 Å². The summed E-state index contributed by atoms with van der Waals surface area (Å²) < 4.78 is 63.7. The van der Waals surface area contributed by atoms with Crippen molar-refractivity contribution in [2.24, 2.45) is 7.05 Å². The quantitative estimate of drug-likeness (QED) is 0.747. The van der Waals surface area contributed by atoms with Crippen LogP contribution in [0.3, 0.4) is 0 Å². The Balaban J connectivity index is 2.58. The number of carbonyl (C=O) groups excluding carboxylic acids is 1. The summed E-state index contributed by atoms with van der Waals surface area (Å²) in [6.07, 6.45) is -4.70. The van der Waals surface area contributed by atoms with E-state index in [2.05, 4.69) is 15.5 Å². The van der Waals surface area contributed by atoms with Gasteiger partial charge < -0.3 is 0 Å². The van der Waals surface area contributed by atoms with E-state index in [1.165, 1.54) is 11.7 Å². The second kappa shape index (κ2) is 6.13. The molecule has 12 heteroatoms. The van der Waals surface area contributed by atoms with Crippen LogP contribution in [0.5, 0.6) is 0 Å². The van der Waals surface area contributed by atoms with Gasteiger partial charge in [-0.1, -0.05) is 11.6 Å². The number of rotatable bonds is 4. The van der Waals surface area contributed by atoms with Gasteiger partial charge in [0.15, 0.2) is 21.4 Å². The molecule has 130 valence electrons. The summed E-state index contributed by atoms with van der Waals surface area (Å²) in [5.74, 6) is -0.562. The molecule has 2 rings (SSSR count). The summed E-state index contributed by atoms with van der Waals surface area (Å²) in [5, 5.41) is 9.65. The van der Waals surface area contributed by atoms with Crippen LogP contribution < -0.4 is 0 Å². The van der Waals surface area contributed by atoms with Crippen LogP contribution >= 0.6 is 11.6 Å². The van der Waals surface area contributed by atoms with Crippen LogP contribution in [0.1, 0.15) is 21.7 Å². The Hall–Kier alpha value is -2.01. The molecular formula is C12H10ClF3N4O3S. The zero-order chi connectivity index (χ0) is 18.3. The largest absolute Gasteiger partial charge is 0.417 e. The Morgan fingerprint density at radius 2 is 1.96 bits per heavy atom. The van der Waals surface area contributed by atoms with Gasteiger partial charge in [0.2, 0.25) is 0 Å². The second-order valence-electron chi connectivity index (χ2n) is 4.89. The molecule has 0 amide bonds. The van der Waals surface area contributed by atoms with E-state index >= 15 is 0 Å². The van der Waals surface area contributed by atoms with Gasteiger partial charge in [0.25, 0.3) is 0 Å². The van der Waals surface area contributed by atoms with Gasteiger partial charge in [-0.15, -0.1) is 5.10 Å². The molecule has 1 aromatic carbocycles. The SMILES string of the molecule is Cn1nnnc1CC(=O)c1ccc(C(F)(F)F)c(S(C)(=O)=O)c1Cl. The minimum Gasteiger partial charge on any atom is -0.294 e. The van der Waals surface area contributed by atoms with Gasteiger partial charge in [-0.2, -0.15) is 13.2 Å². The maximum Gasteiger partial charge on any atom is 0.417 e. The smallest absolute Gasteiger partial charge is 0.294 e. The summed E-state index contributed by atoms with van der Waals surface area (Å²) in [6, 6.07) is 1.36. The van der Waals surface area contributed by atoms with Crippen LogP contribution in [0.2, 0.25) is 5.02 Å². The van der Waals surface area contributed by atoms with Crippen LogP contribution in [-0.2, 0) is 29.5 Å². The van der Waals surface area contributed by atoms with Crippen LogP contribution in [0.25, 0.3) is 0 Å². The Bertz CT molecular complexity index is 909. The number of hydrogen-bond acceptors (Lipinski definition) is 6. The number of carbonyl (C=O) groups is 1. The first-order valence-electron chi connectivity index (χ1n) is 6.27. The third-order valence-electron chi connectivity index (χ3n) is 3.10. The third-order valence-corrected chi connectivity index (χ3v) is 4.77. The molecule has 1 aromatic heterocycles. The molecule has 0 saturated heterocycles. The molecule has 0 atom stereocenters. The van der Waals surface area contributed by atoms with E-state index in [4.69, 9.17) is 11.6 Å². The molecule has 0 N–H and O–H groups in total. The summed E-state index contributed by atoms with van der Waals surface area (Å²) in [5.41, 5.74) is -1.78. The van der Waals surface area contributed by atoms with Crippen molar-refractivity contribution in [3.05, 3.63) is 34.1 Å². The zero-order valence-electron chi connectivity index (χ0n) is 12.3. The number of alkyl halides is 3. The summed E-state index contributed by atoms with van der Waals surface area (Å²) in [4.78, 5) is 11.1. The van der Waals surface area contributed by atoms with E-state index in [9.17, 15) is 26.4 Å². The maximum absolute atomic E-state index is 13.0. The van der Waals surface area contributed by atoms with Gasteiger partial charge in [-0.25, -0.2) is 13.1 Å². The monoisotopic (exact) mass is 382 g/mol. The first-order chi connectivity index (χ1) is 10.9. The fourth-order valence-electron chi connectivity index (χ4n) is 1.99. The zero-order valence-corrected chi connectivity index (χ0v) is 13.9. The fourth-order valence-corrected chi connectivity index (χ4v) is 3.70. The van der Waals surface area contributed by atoms with Crippen molar-refractivity contribution in [1.29, 1.82) is 0 Å². The van der Waals surface area contributed by atoms with Gasteiger partial charge in [-0.05, 0) is 22.6 Å². The summed E-state index contributed by atoms with van der Waals surface area (Å²) in [6.45, 7) is 0. The highest BCUT2D eigenvalue weighted by molar-refractivity contribution is 7.90. The normalized spacial score (nSPS) is 12.4. The number of tetrazole rings is 1. The molecule has 0 fully saturated rings. The highest BCUT2D eigenvalue weighted by Gasteiger charge is 2.38. The van der Waals surface area contributed by atoms with E-state index in [1.807, 2.05) is 0 Å². The van der Waals surface area contributed by atoms with Gasteiger partial charge in [0, 0.05) is 18.9 Å². The number of halogens is 4. The molecule has 0 radical (unpaired) electrons. The molecule has 1 heterocycles. The average Bonchev–Trinajstić information content (AvgIpc) is 2.81. The third kappa shape index (κ3) is 3.56. The Labute approximate surface area is 139 Å². The highest BCUT2D eigenvalue weighted by atomic mass is 35.5. The van der Waals surface area contributed by atoms with Gasteiger partial charge in [0.05, 0.1) is 21.9 Å². The molecule has 0 aliphatic heterocycles. The van der Waals surface area contributed by atoms with Gasteiger partial charge in [-0.3, -0.25) is 4.79 Å². The van der Waals surface area contributed by atoms with Crippen molar-refractivity contribution in [2.75, 3.05) is 6.26 Å². The van der Waals surface area contributed by atoms with Crippen molar-refractivity contribution in [2.45, 2.75) is 17.5 Å². The molecule has 24 heavy (non-hydrogen) atoms. The Morgan fingerprint density at radius 3 is 2.42 bits per heavy atom. The molecule has 0 unspecified atom stereocenters. The number of aryl methyl sites for hydroxylation is 1. The molecule has 2 aromatic rings. The first kappa shape index (κ1) is 18.3. The van der Waals surface area contributed by atoms with Crippen LogP contribution in [0.4, 0.5) is 13.2 Å². The van der Waals surface area contributed by atoms with E-state index in [1.54, 1.807) is 0 Å². The lowest BCUT2D eigenvalue weighted by Crippen LogP contribution is -2.16. The number of hydrogen-bond donors (Lipinski definition) is 0. The van der Waals surface area contributed by atoms with Gasteiger partial charge in [0.1, 0.15) is 0 Å². The van der Waals surface area contributed by atoms with Crippen LogP contribution in [0.15, 0.2) is 17.0 Å². The van der Waals surface area contributed by atoms with E-state index < -0.39 is 37.3 Å². The summed E-state index contributed by atoms with van der Waals surface area (Å²) >= 11 is 5.82. The maximum atomic E-state index is 13.0. The molecule has 0 bridgehead atoms. The number of sulfone groups is 1. The van der Waals surface area contributed by atoms with Crippen molar-refractivity contribution >= 4 is 27.2 Å². The lowest BCUT2D eigenvalue weighted by Gasteiger charge is -2.15. The number of aromatic nitrogens is 4. The Morgan fingerprint density at radius 1 is 1.33 bits per heavy atom. The van der Waals surface area contributed by atoms with Crippen molar-refractivity contribution in [3.63, 3.8) is 0 Å². The van der Waals surface area contributed by atoms with Crippen molar-refractivity contribution in [1.82, 2.24) is 20.2 Å². The van der Waals surface area contributed by atoms with Crippen molar-refractivity contribution < 1.29 is 26.4 Å². The standard InChI is InChI=1S/C12H10ClF3N4O3S/c1-20-9(17-18-19-20)5-8(21)6-3-4-7(12(14,15)16)11(10(6)13)24(2,22)23/h3-4H,5H2,1-2H3. The lowest BCUT2D eigenvalue weighted by atomic mass is 10.0. The molecule has 7 nitrogen and oxygen atoms in total. The predicted octanol–water partition coefficient (Wildman–Crippen LogP) is 1.71. The highest BCUT2D eigenvalue weighted by Crippen LogP contribution is 2.39. The number of Topliss-reactive ketones (excluding diaryl/α,β-unsaturated/α-hetero) is 1. The van der Waals surface area contributed by atoms with E-state index in [0.717, 1.165) is 6.07 Å². The van der Waals surface area contributed by atoms with Crippen LogP contribution in [-0.4, -0.2) is 40.7 Å². The molecule has 0 spiro atoms. The van der Waals surface area contributed by atoms with Gasteiger partial charge >= 0.3 is 6.18 Å². The second-order valence-corrected chi connectivity index (χ2v) is 7.22. The number of benzene rings is 1. The molecule has 0 saturated carbocycles. The molecule has 0 aliphatic rings. The number of nitrogens with zero attached hydrogens (tertiary/aromatic N) is 4. The predicted molar refractivity (Wildman–Crippen MR) is 76.4 cm³/mol. The minimum absolute atomic E-state index is 0.150. The lowest BCUT2D eigenvalue weighted by molar-refractivity contribution is -0.139. The van der Waals surface area contributed by atoms with E-state index in [-0.39, 0.29) is 17.8 Å². The molecule has 0 aliphatic carbocycles. The summed E-state index contributed by atoms with van der Waals surface area (Å²) in [7, 11) is -2.85. The first-order valence-corrected chi connectivity index (χ1v) is 8.54. The van der Waals surface area contributed by atoms with E-state index in [0.29, 0.717) is 12.3 Å². The molecular weight excluding hydrogens is 373 g/mol.